The largest absolute Gasteiger partial charge is 0.494 e. The Bertz CT molecular complexity index is 336. The Morgan fingerprint density at radius 3 is 2.87 bits per heavy atom. The van der Waals surface area contributed by atoms with Crippen LogP contribution in [0.3, 0.4) is 0 Å². The van der Waals surface area contributed by atoms with Crippen LogP contribution in [0.2, 0.25) is 0 Å². The van der Waals surface area contributed by atoms with Gasteiger partial charge in [-0.05, 0) is 26.0 Å². The van der Waals surface area contributed by atoms with E-state index in [1.54, 1.807) is 18.3 Å². The standard InChI is InChI=1S/C11H15NO3/c1-8(2)15-7-9(13)11-10(14-3)5-4-6-12-11/h4-6,8H,7H2,1-3H3. The lowest BCUT2D eigenvalue weighted by molar-refractivity contribution is 0.0578. The van der Waals surface area contributed by atoms with Crippen molar-refractivity contribution in [3.05, 3.63) is 24.0 Å². The van der Waals surface area contributed by atoms with E-state index in [0.717, 1.165) is 0 Å². The molecule has 0 atom stereocenters. The van der Waals surface area contributed by atoms with Gasteiger partial charge >= 0.3 is 0 Å². The Morgan fingerprint density at radius 1 is 1.53 bits per heavy atom. The number of nitrogens with zero attached hydrogens (tertiary/aromatic N) is 1. The van der Waals surface area contributed by atoms with Crippen molar-refractivity contribution in [2.45, 2.75) is 20.0 Å². The molecule has 0 aliphatic rings. The number of methoxy groups -OCH3 is 1. The molecule has 1 aromatic heterocycles. The van der Waals surface area contributed by atoms with Crippen LogP contribution >= 0.6 is 0 Å². The highest BCUT2D eigenvalue weighted by atomic mass is 16.5. The van der Waals surface area contributed by atoms with Gasteiger partial charge in [0.15, 0.2) is 5.69 Å². The molecule has 0 bridgehead atoms. The summed E-state index contributed by atoms with van der Waals surface area (Å²) in [6, 6.07) is 3.43. The van der Waals surface area contributed by atoms with Crippen LogP contribution in [-0.4, -0.2) is 30.6 Å². The van der Waals surface area contributed by atoms with Crippen molar-refractivity contribution in [3.63, 3.8) is 0 Å². The normalized spacial score (nSPS) is 10.4. The maximum absolute atomic E-state index is 11.7. The zero-order chi connectivity index (χ0) is 11.3. The van der Waals surface area contributed by atoms with Crippen LogP contribution in [0, 0.1) is 0 Å². The highest BCUT2D eigenvalue weighted by Crippen LogP contribution is 2.15. The molecule has 0 aliphatic carbocycles. The number of aromatic nitrogens is 1. The summed E-state index contributed by atoms with van der Waals surface area (Å²) in [6.07, 6.45) is 1.59. The van der Waals surface area contributed by atoms with E-state index < -0.39 is 0 Å². The molecule has 82 valence electrons. The molecule has 0 aliphatic heterocycles. The van der Waals surface area contributed by atoms with Gasteiger partial charge in [0, 0.05) is 6.20 Å². The molecule has 15 heavy (non-hydrogen) atoms. The quantitative estimate of drug-likeness (QED) is 0.692. The Hall–Kier alpha value is -1.42. The van der Waals surface area contributed by atoms with Crippen LogP contribution in [0.1, 0.15) is 24.3 Å². The van der Waals surface area contributed by atoms with Gasteiger partial charge in [-0.1, -0.05) is 0 Å². The van der Waals surface area contributed by atoms with Gasteiger partial charge in [-0.3, -0.25) is 4.79 Å². The first-order valence-electron chi connectivity index (χ1n) is 4.79. The van der Waals surface area contributed by atoms with Gasteiger partial charge in [0.1, 0.15) is 12.4 Å². The monoisotopic (exact) mass is 209 g/mol. The molecule has 0 unspecified atom stereocenters. The number of Topliss-reactive ketones (excluding diaryl/α,β-unsaturated/α-hetero) is 1. The maximum Gasteiger partial charge on any atom is 0.210 e. The first-order chi connectivity index (χ1) is 7.15. The van der Waals surface area contributed by atoms with Crippen LogP contribution in [0.15, 0.2) is 18.3 Å². The van der Waals surface area contributed by atoms with E-state index >= 15 is 0 Å². The average molecular weight is 209 g/mol. The van der Waals surface area contributed by atoms with Crippen LogP contribution < -0.4 is 4.74 Å². The SMILES string of the molecule is COc1cccnc1C(=O)COC(C)C. The minimum Gasteiger partial charge on any atom is -0.494 e. The zero-order valence-electron chi connectivity index (χ0n) is 9.19. The second kappa shape index (κ2) is 5.46. The molecule has 0 radical (unpaired) electrons. The van der Waals surface area contributed by atoms with Crippen molar-refractivity contribution in [2.75, 3.05) is 13.7 Å². The molecule has 0 spiro atoms. The number of ether oxygens (including phenoxy) is 2. The van der Waals surface area contributed by atoms with E-state index in [-0.39, 0.29) is 18.5 Å². The molecular weight excluding hydrogens is 194 g/mol. The third-order valence-corrected chi connectivity index (χ3v) is 1.80. The third kappa shape index (κ3) is 3.32. The Labute approximate surface area is 89.2 Å². The summed E-state index contributed by atoms with van der Waals surface area (Å²) in [5, 5.41) is 0. The fourth-order valence-corrected chi connectivity index (χ4v) is 1.08. The Kier molecular flexibility index (Phi) is 4.24. The van der Waals surface area contributed by atoms with Gasteiger partial charge in [0.05, 0.1) is 13.2 Å². The summed E-state index contributed by atoms with van der Waals surface area (Å²) >= 11 is 0. The lowest BCUT2D eigenvalue weighted by atomic mass is 10.2. The predicted molar refractivity (Wildman–Crippen MR) is 56.2 cm³/mol. The van der Waals surface area contributed by atoms with Crippen molar-refractivity contribution in [1.82, 2.24) is 4.98 Å². The molecule has 0 fully saturated rings. The van der Waals surface area contributed by atoms with E-state index in [1.165, 1.54) is 7.11 Å². The molecule has 0 amide bonds. The Balaban J connectivity index is 2.72. The number of rotatable bonds is 5. The number of hydrogen-bond donors (Lipinski definition) is 0. The van der Waals surface area contributed by atoms with Crippen LogP contribution in [-0.2, 0) is 4.74 Å². The molecule has 0 N–H and O–H groups in total. The Morgan fingerprint density at radius 2 is 2.27 bits per heavy atom. The minimum absolute atomic E-state index is 0.0312. The van der Waals surface area contributed by atoms with Gasteiger partial charge < -0.3 is 9.47 Å². The van der Waals surface area contributed by atoms with E-state index in [1.807, 2.05) is 13.8 Å². The van der Waals surface area contributed by atoms with E-state index in [9.17, 15) is 4.79 Å². The molecule has 1 heterocycles. The van der Waals surface area contributed by atoms with E-state index in [4.69, 9.17) is 9.47 Å². The molecule has 4 heteroatoms. The molecule has 1 rings (SSSR count). The molecule has 4 nitrogen and oxygen atoms in total. The molecule has 0 saturated carbocycles. The van der Waals surface area contributed by atoms with Gasteiger partial charge in [0.2, 0.25) is 5.78 Å². The van der Waals surface area contributed by atoms with Crippen molar-refractivity contribution < 1.29 is 14.3 Å². The number of pyridine rings is 1. The summed E-state index contributed by atoms with van der Waals surface area (Å²) < 4.78 is 10.2. The number of ketones is 1. The lowest BCUT2D eigenvalue weighted by Crippen LogP contribution is -2.15. The smallest absolute Gasteiger partial charge is 0.210 e. The van der Waals surface area contributed by atoms with Crippen molar-refractivity contribution >= 4 is 5.78 Å². The lowest BCUT2D eigenvalue weighted by Gasteiger charge is -2.08. The molecule has 1 aromatic rings. The van der Waals surface area contributed by atoms with Crippen molar-refractivity contribution in [2.24, 2.45) is 0 Å². The maximum atomic E-state index is 11.7. The molecular formula is C11H15NO3. The third-order valence-electron chi connectivity index (χ3n) is 1.80. The molecule has 0 aromatic carbocycles. The number of hydrogen-bond acceptors (Lipinski definition) is 4. The second-order valence-corrected chi connectivity index (χ2v) is 3.34. The van der Waals surface area contributed by atoms with Crippen LogP contribution in [0.4, 0.5) is 0 Å². The highest BCUT2D eigenvalue weighted by Gasteiger charge is 2.13. The second-order valence-electron chi connectivity index (χ2n) is 3.34. The van der Waals surface area contributed by atoms with Gasteiger partial charge in [-0.15, -0.1) is 0 Å². The summed E-state index contributed by atoms with van der Waals surface area (Å²) in [7, 11) is 1.51. The fourth-order valence-electron chi connectivity index (χ4n) is 1.08. The average Bonchev–Trinajstić information content (AvgIpc) is 2.25. The summed E-state index contributed by atoms with van der Waals surface area (Å²) in [4.78, 5) is 15.6. The minimum atomic E-state index is -0.166. The topological polar surface area (TPSA) is 48.4 Å². The van der Waals surface area contributed by atoms with Crippen LogP contribution in [0.5, 0.6) is 5.75 Å². The number of carbonyl (C=O) groups is 1. The number of carbonyl (C=O) groups excluding carboxylic acids is 1. The fraction of sp³-hybridized carbons (Fsp3) is 0.455. The van der Waals surface area contributed by atoms with E-state index in [2.05, 4.69) is 4.98 Å². The van der Waals surface area contributed by atoms with Crippen LogP contribution in [0.25, 0.3) is 0 Å². The van der Waals surface area contributed by atoms with Crippen molar-refractivity contribution in [1.29, 1.82) is 0 Å². The summed E-state index contributed by atoms with van der Waals surface area (Å²) in [6.45, 7) is 3.79. The highest BCUT2D eigenvalue weighted by molar-refractivity contribution is 5.97. The zero-order valence-corrected chi connectivity index (χ0v) is 9.19. The first kappa shape index (κ1) is 11.7. The van der Waals surface area contributed by atoms with Crippen molar-refractivity contribution in [3.8, 4) is 5.75 Å². The van der Waals surface area contributed by atoms with Gasteiger partial charge in [0.25, 0.3) is 0 Å². The first-order valence-corrected chi connectivity index (χ1v) is 4.79. The molecule has 0 saturated heterocycles. The summed E-state index contributed by atoms with van der Waals surface area (Å²) in [5.74, 6) is 0.316. The van der Waals surface area contributed by atoms with E-state index in [0.29, 0.717) is 11.4 Å². The van der Waals surface area contributed by atoms with Gasteiger partial charge in [-0.25, -0.2) is 4.98 Å². The summed E-state index contributed by atoms with van der Waals surface area (Å²) in [5.41, 5.74) is 0.320. The predicted octanol–water partition coefficient (Wildman–Crippen LogP) is 1.70. The van der Waals surface area contributed by atoms with Gasteiger partial charge in [-0.2, -0.15) is 0 Å².